The number of hydrogen-bond donors (Lipinski definition) is 3. The second kappa shape index (κ2) is 8.10. The van der Waals surface area contributed by atoms with E-state index in [0.29, 0.717) is 0 Å². The Labute approximate surface area is 96.4 Å². The van der Waals surface area contributed by atoms with Gasteiger partial charge in [0.05, 0.1) is 12.5 Å². The Kier molecular flexibility index (Phi) is 7.54. The molecule has 0 heterocycles. The van der Waals surface area contributed by atoms with Crippen LogP contribution in [0.1, 0.15) is 46.0 Å². The number of amides is 1. The van der Waals surface area contributed by atoms with E-state index in [1.807, 2.05) is 6.92 Å². The van der Waals surface area contributed by atoms with Gasteiger partial charge in [-0.3, -0.25) is 9.59 Å². The molecule has 0 rings (SSSR count). The number of unbranched alkanes of at least 4 members (excludes halogenated alkanes) is 2. The Morgan fingerprint density at radius 2 is 2.00 bits per heavy atom. The first-order chi connectivity index (χ1) is 7.47. The Bertz CT molecular complexity index is 231. The van der Waals surface area contributed by atoms with E-state index in [0.717, 1.165) is 25.7 Å². The predicted octanol–water partition coefficient (Wildman–Crippen LogP) is 0.873. The van der Waals surface area contributed by atoms with Gasteiger partial charge in [-0.25, -0.2) is 0 Å². The smallest absolute Gasteiger partial charge is 0.305 e. The normalized spacial score (nSPS) is 14.2. The lowest BCUT2D eigenvalue weighted by atomic mass is 10.1. The monoisotopic (exact) mass is 230 g/mol. The minimum absolute atomic E-state index is 0.0545. The first-order valence-electron chi connectivity index (χ1n) is 5.75. The summed E-state index contributed by atoms with van der Waals surface area (Å²) < 4.78 is 0. The third-order valence-electron chi connectivity index (χ3n) is 2.36. The molecule has 2 atom stereocenters. The molecule has 0 radical (unpaired) electrons. The molecule has 1 unspecified atom stereocenters. The molecule has 0 bridgehead atoms. The van der Waals surface area contributed by atoms with Gasteiger partial charge in [-0.05, 0) is 13.3 Å². The second-order valence-electron chi connectivity index (χ2n) is 4.11. The Hall–Kier alpha value is -1.10. The van der Waals surface area contributed by atoms with Gasteiger partial charge in [0.2, 0.25) is 5.91 Å². The minimum atomic E-state index is -1.05. The number of rotatable bonds is 8. The number of carbonyl (C=O) groups is 2. The average molecular weight is 230 g/mol. The molecule has 0 aromatic heterocycles. The molecule has 0 aromatic rings. The quantitative estimate of drug-likeness (QED) is 0.539. The van der Waals surface area contributed by atoms with E-state index in [1.54, 1.807) is 0 Å². The van der Waals surface area contributed by atoms with E-state index < -0.39 is 12.0 Å². The topological polar surface area (TPSA) is 92.4 Å². The van der Waals surface area contributed by atoms with Crippen molar-refractivity contribution in [2.45, 2.75) is 58.0 Å². The van der Waals surface area contributed by atoms with Crippen LogP contribution in [-0.4, -0.2) is 29.1 Å². The van der Waals surface area contributed by atoms with E-state index in [-0.39, 0.29) is 18.4 Å². The number of nitrogens with one attached hydrogen (secondary N) is 1. The number of carboxylic acid groups (broad SMARTS) is 1. The van der Waals surface area contributed by atoms with Crippen molar-refractivity contribution in [3.8, 4) is 0 Å². The molecule has 1 amide bonds. The lowest BCUT2D eigenvalue weighted by Gasteiger charge is -2.16. The summed E-state index contributed by atoms with van der Waals surface area (Å²) in [5.74, 6) is -1.44. The van der Waals surface area contributed by atoms with Crippen molar-refractivity contribution >= 4 is 11.9 Å². The summed E-state index contributed by atoms with van der Waals surface area (Å²) >= 11 is 0. The van der Waals surface area contributed by atoms with Crippen LogP contribution in [0.3, 0.4) is 0 Å². The maximum absolute atomic E-state index is 11.4. The number of aliphatic carboxylic acids is 1. The summed E-state index contributed by atoms with van der Waals surface area (Å²) in [5.41, 5.74) is 5.43. The van der Waals surface area contributed by atoms with Crippen molar-refractivity contribution in [2.24, 2.45) is 5.73 Å². The highest BCUT2D eigenvalue weighted by Crippen LogP contribution is 2.03. The first-order valence-corrected chi connectivity index (χ1v) is 5.75. The number of hydrogen-bond acceptors (Lipinski definition) is 3. The Morgan fingerprint density at radius 1 is 1.38 bits per heavy atom. The molecule has 16 heavy (non-hydrogen) atoms. The van der Waals surface area contributed by atoms with Gasteiger partial charge >= 0.3 is 5.97 Å². The minimum Gasteiger partial charge on any atom is -0.481 e. The van der Waals surface area contributed by atoms with Crippen molar-refractivity contribution in [2.75, 3.05) is 0 Å². The maximum Gasteiger partial charge on any atom is 0.305 e. The van der Waals surface area contributed by atoms with Crippen molar-refractivity contribution in [1.29, 1.82) is 0 Å². The summed E-state index contributed by atoms with van der Waals surface area (Å²) in [5, 5.41) is 11.2. The molecule has 0 aliphatic heterocycles. The van der Waals surface area contributed by atoms with Gasteiger partial charge in [-0.2, -0.15) is 0 Å². The van der Waals surface area contributed by atoms with E-state index >= 15 is 0 Å². The fraction of sp³-hybridized carbons (Fsp3) is 0.818. The SMILES string of the molecule is CCCCCC(C)NC(=O)[C@@H](N)CC(=O)O. The molecule has 5 heteroatoms. The number of carbonyl (C=O) groups excluding carboxylic acids is 1. The summed E-state index contributed by atoms with van der Waals surface area (Å²) in [6.07, 6.45) is 3.92. The van der Waals surface area contributed by atoms with Crippen LogP contribution in [0.25, 0.3) is 0 Å². The third kappa shape index (κ3) is 7.23. The van der Waals surface area contributed by atoms with Crippen LogP contribution < -0.4 is 11.1 Å². The zero-order valence-electron chi connectivity index (χ0n) is 10.0. The molecule has 0 spiro atoms. The molecule has 0 saturated heterocycles. The summed E-state index contributed by atoms with van der Waals surface area (Å²) in [6.45, 7) is 4.02. The molecular formula is C11H22N2O3. The fourth-order valence-electron chi connectivity index (χ4n) is 1.40. The summed E-state index contributed by atoms with van der Waals surface area (Å²) in [7, 11) is 0. The molecular weight excluding hydrogens is 208 g/mol. The van der Waals surface area contributed by atoms with E-state index in [1.165, 1.54) is 0 Å². The van der Waals surface area contributed by atoms with Crippen LogP contribution in [0.5, 0.6) is 0 Å². The summed E-state index contributed by atoms with van der Waals surface area (Å²) in [4.78, 5) is 21.8. The zero-order chi connectivity index (χ0) is 12.6. The molecule has 0 fully saturated rings. The lowest BCUT2D eigenvalue weighted by molar-refractivity contribution is -0.139. The largest absolute Gasteiger partial charge is 0.481 e. The molecule has 5 nitrogen and oxygen atoms in total. The van der Waals surface area contributed by atoms with E-state index in [4.69, 9.17) is 10.8 Å². The molecule has 0 aliphatic carbocycles. The van der Waals surface area contributed by atoms with Crippen LogP contribution in [0.4, 0.5) is 0 Å². The van der Waals surface area contributed by atoms with Crippen LogP contribution in [0.15, 0.2) is 0 Å². The highest BCUT2D eigenvalue weighted by molar-refractivity contribution is 5.86. The molecule has 94 valence electrons. The van der Waals surface area contributed by atoms with Crippen molar-refractivity contribution in [1.82, 2.24) is 5.32 Å². The summed E-state index contributed by atoms with van der Waals surface area (Å²) in [6, 6.07) is -0.898. The van der Waals surface area contributed by atoms with Gasteiger partial charge in [0.1, 0.15) is 0 Å². The van der Waals surface area contributed by atoms with Crippen LogP contribution in [0, 0.1) is 0 Å². The highest BCUT2D eigenvalue weighted by atomic mass is 16.4. The standard InChI is InChI=1S/C11H22N2O3/c1-3-4-5-6-8(2)13-11(16)9(12)7-10(14)15/h8-9H,3-7,12H2,1-2H3,(H,13,16)(H,14,15)/t8?,9-/m0/s1. The van der Waals surface area contributed by atoms with Crippen LogP contribution in [0.2, 0.25) is 0 Å². The van der Waals surface area contributed by atoms with Crippen molar-refractivity contribution < 1.29 is 14.7 Å². The van der Waals surface area contributed by atoms with Gasteiger partial charge in [0.15, 0.2) is 0 Å². The Morgan fingerprint density at radius 3 is 2.50 bits per heavy atom. The molecule has 0 aliphatic rings. The van der Waals surface area contributed by atoms with E-state index in [2.05, 4.69) is 12.2 Å². The van der Waals surface area contributed by atoms with E-state index in [9.17, 15) is 9.59 Å². The van der Waals surface area contributed by atoms with Crippen molar-refractivity contribution in [3.63, 3.8) is 0 Å². The number of carboxylic acids is 1. The first kappa shape index (κ1) is 14.9. The fourth-order valence-corrected chi connectivity index (χ4v) is 1.40. The Balaban J connectivity index is 3.80. The van der Waals surface area contributed by atoms with Gasteiger partial charge < -0.3 is 16.2 Å². The van der Waals surface area contributed by atoms with Crippen molar-refractivity contribution in [3.05, 3.63) is 0 Å². The predicted molar refractivity (Wildman–Crippen MR) is 62.0 cm³/mol. The highest BCUT2D eigenvalue weighted by Gasteiger charge is 2.18. The van der Waals surface area contributed by atoms with Gasteiger partial charge in [-0.15, -0.1) is 0 Å². The van der Waals surface area contributed by atoms with Gasteiger partial charge in [-0.1, -0.05) is 26.2 Å². The maximum atomic E-state index is 11.4. The molecule has 0 saturated carbocycles. The zero-order valence-corrected chi connectivity index (χ0v) is 10.0. The average Bonchev–Trinajstić information content (AvgIpc) is 2.16. The van der Waals surface area contributed by atoms with Crippen LogP contribution in [-0.2, 0) is 9.59 Å². The van der Waals surface area contributed by atoms with Crippen LogP contribution >= 0.6 is 0 Å². The van der Waals surface area contributed by atoms with Gasteiger partial charge in [0.25, 0.3) is 0 Å². The molecule has 4 N–H and O–H groups in total. The second-order valence-corrected chi connectivity index (χ2v) is 4.11. The number of nitrogens with two attached hydrogens (primary N) is 1. The third-order valence-corrected chi connectivity index (χ3v) is 2.36. The lowest BCUT2D eigenvalue weighted by Crippen LogP contribution is -2.45. The molecule has 0 aromatic carbocycles. The van der Waals surface area contributed by atoms with Gasteiger partial charge in [0, 0.05) is 6.04 Å².